The summed E-state index contributed by atoms with van der Waals surface area (Å²) >= 11 is 11.2. The lowest BCUT2D eigenvalue weighted by Gasteiger charge is -2.04. The number of rotatable bonds is 2. The van der Waals surface area contributed by atoms with Gasteiger partial charge < -0.3 is 4.18 Å². The topological polar surface area (TPSA) is 43.4 Å². The molecule has 6 heteroatoms. The van der Waals surface area contributed by atoms with Gasteiger partial charge in [-0.1, -0.05) is 23.2 Å². The summed E-state index contributed by atoms with van der Waals surface area (Å²) in [5, 5.41) is 0.387. The van der Waals surface area contributed by atoms with E-state index in [1.807, 2.05) is 0 Å². The second kappa shape index (κ2) is 3.74. The van der Waals surface area contributed by atoms with Gasteiger partial charge in [0, 0.05) is 12.1 Å². The normalized spacial score (nSPS) is 11.3. The van der Waals surface area contributed by atoms with E-state index in [0.717, 1.165) is 6.26 Å². The summed E-state index contributed by atoms with van der Waals surface area (Å²) in [5.41, 5.74) is 0. The Hall–Kier alpha value is -0.450. The fraction of sp³-hybridized carbons (Fsp3) is 0.143. The Balaban J connectivity index is 3.08. The molecule has 0 amide bonds. The molecule has 0 spiro atoms. The van der Waals surface area contributed by atoms with Crippen LogP contribution in [0.1, 0.15) is 0 Å². The van der Waals surface area contributed by atoms with E-state index in [9.17, 15) is 8.42 Å². The lowest BCUT2D eigenvalue weighted by Crippen LogP contribution is -2.05. The first-order valence-corrected chi connectivity index (χ1v) is 5.72. The summed E-state index contributed by atoms with van der Waals surface area (Å²) in [6.45, 7) is 0. The van der Waals surface area contributed by atoms with Crippen molar-refractivity contribution in [1.29, 1.82) is 0 Å². The first-order valence-electron chi connectivity index (χ1n) is 3.15. The summed E-state index contributed by atoms with van der Waals surface area (Å²) in [5.74, 6) is 0.00733. The Morgan fingerprint density at radius 2 is 2.08 bits per heavy atom. The fourth-order valence-corrected chi connectivity index (χ4v) is 1.47. The molecule has 0 saturated carbocycles. The third-order valence-corrected chi connectivity index (χ3v) is 2.07. The van der Waals surface area contributed by atoms with E-state index in [4.69, 9.17) is 23.2 Å². The Morgan fingerprint density at radius 3 is 2.62 bits per heavy atom. The molecule has 71 valence electrons. The number of hydrogen-bond donors (Lipinski definition) is 0. The van der Waals surface area contributed by atoms with Crippen molar-refractivity contribution in [2.45, 2.75) is 0 Å². The third-order valence-electron chi connectivity index (χ3n) is 1.07. The Bertz CT molecular complexity index is 414. The molecule has 1 rings (SSSR count). The molecule has 0 aliphatic carbocycles. The van der Waals surface area contributed by atoms with E-state index in [1.54, 1.807) is 0 Å². The molecule has 1 radical (unpaired) electrons. The predicted molar refractivity (Wildman–Crippen MR) is 50.8 cm³/mol. The molecule has 0 bridgehead atoms. The average molecular weight is 240 g/mol. The quantitative estimate of drug-likeness (QED) is 0.743. The maximum absolute atomic E-state index is 10.7. The average Bonchev–Trinajstić information content (AvgIpc) is 1.94. The standard InChI is InChI=1S/C7H5Cl2O3S/c1-13(10,11)12-7-4-5(8)2-3-6(7)9/h3-4H,1H3. The van der Waals surface area contributed by atoms with E-state index >= 15 is 0 Å². The van der Waals surface area contributed by atoms with Crippen molar-refractivity contribution in [3.63, 3.8) is 0 Å². The van der Waals surface area contributed by atoms with Crippen LogP contribution in [-0.4, -0.2) is 14.7 Å². The minimum Gasteiger partial charge on any atom is -0.381 e. The van der Waals surface area contributed by atoms with Gasteiger partial charge in [-0.05, 0) is 6.07 Å². The zero-order valence-corrected chi connectivity index (χ0v) is 8.87. The number of hydrogen-bond acceptors (Lipinski definition) is 3. The highest BCUT2D eigenvalue weighted by atomic mass is 35.5. The molecule has 0 heterocycles. The van der Waals surface area contributed by atoms with Gasteiger partial charge >= 0.3 is 10.1 Å². The van der Waals surface area contributed by atoms with Gasteiger partial charge in [-0.25, -0.2) is 0 Å². The highest BCUT2D eigenvalue weighted by molar-refractivity contribution is 7.86. The molecule has 0 aromatic heterocycles. The van der Waals surface area contributed by atoms with Crippen LogP contribution in [0.5, 0.6) is 5.75 Å². The van der Waals surface area contributed by atoms with Crippen LogP contribution in [-0.2, 0) is 10.1 Å². The zero-order valence-electron chi connectivity index (χ0n) is 6.54. The number of benzene rings is 1. The summed E-state index contributed by atoms with van der Waals surface area (Å²) < 4.78 is 26.0. The Morgan fingerprint density at radius 1 is 1.46 bits per heavy atom. The van der Waals surface area contributed by atoms with Gasteiger partial charge in [-0.2, -0.15) is 8.42 Å². The van der Waals surface area contributed by atoms with E-state index in [-0.39, 0.29) is 15.8 Å². The van der Waals surface area contributed by atoms with Crippen LogP contribution in [0.25, 0.3) is 0 Å². The highest BCUT2D eigenvalue weighted by Crippen LogP contribution is 2.28. The fourth-order valence-electron chi connectivity index (χ4n) is 0.656. The summed E-state index contributed by atoms with van der Waals surface area (Å²) in [7, 11) is -3.57. The van der Waals surface area contributed by atoms with Crippen LogP contribution in [0.3, 0.4) is 0 Å². The molecule has 3 nitrogen and oxygen atoms in total. The molecule has 13 heavy (non-hydrogen) atoms. The smallest absolute Gasteiger partial charge is 0.306 e. The monoisotopic (exact) mass is 239 g/mol. The zero-order chi connectivity index (χ0) is 10.1. The van der Waals surface area contributed by atoms with Gasteiger partial charge in [-0.15, -0.1) is 0 Å². The maximum atomic E-state index is 10.7. The van der Waals surface area contributed by atoms with Crippen molar-refractivity contribution >= 4 is 33.3 Å². The van der Waals surface area contributed by atoms with E-state index < -0.39 is 10.1 Å². The molecule has 0 N–H and O–H groups in total. The first-order chi connectivity index (χ1) is 5.88. The van der Waals surface area contributed by atoms with Crippen LogP contribution >= 0.6 is 23.2 Å². The Kier molecular flexibility index (Phi) is 3.05. The first kappa shape index (κ1) is 10.6. The van der Waals surface area contributed by atoms with Crippen LogP contribution < -0.4 is 4.18 Å². The van der Waals surface area contributed by atoms with Gasteiger partial charge in [0.1, 0.15) is 0 Å². The van der Waals surface area contributed by atoms with Crippen LogP contribution in [0.4, 0.5) is 0 Å². The molecule has 0 unspecified atom stereocenters. The lowest BCUT2D eigenvalue weighted by atomic mass is 10.3. The SMILES string of the molecule is CS(=O)(=O)Oc1cc(Cl)[c]cc1Cl. The largest absolute Gasteiger partial charge is 0.381 e. The number of halogens is 2. The van der Waals surface area contributed by atoms with E-state index in [2.05, 4.69) is 10.2 Å². The van der Waals surface area contributed by atoms with Gasteiger partial charge in [0.05, 0.1) is 16.3 Å². The van der Waals surface area contributed by atoms with Crippen molar-refractivity contribution < 1.29 is 12.6 Å². The molecule has 0 saturated heterocycles. The third kappa shape index (κ3) is 3.42. The molecule has 0 fully saturated rings. The second-order valence-electron chi connectivity index (χ2n) is 2.28. The van der Waals surface area contributed by atoms with Crippen molar-refractivity contribution in [3.05, 3.63) is 28.2 Å². The van der Waals surface area contributed by atoms with Gasteiger partial charge in [0.2, 0.25) is 0 Å². The van der Waals surface area contributed by atoms with Gasteiger partial charge in [-0.3, -0.25) is 0 Å². The lowest BCUT2D eigenvalue weighted by molar-refractivity contribution is 0.493. The molecular weight excluding hydrogens is 235 g/mol. The molecule has 0 aliphatic heterocycles. The summed E-state index contributed by atoms with van der Waals surface area (Å²) in [4.78, 5) is 0. The molecule has 0 atom stereocenters. The van der Waals surface area contributed by atoms with E-state index in [1.165, 1.54) is 12.1 Å². The van der Waals surface area contributed by atoms with Gasteiger partial charge in [0.15, 0.2) is 5.75 Å². The van der Waals surface area contributed by atoms with Crippen LogP contribution in [0.2, 0.25) is 10.0 Å². The van der Waals surface area contributed by atoms with Crippen molar-refractivity contribution in [1.82, 2.24) is 0 Å². The maximum Gasteiger partial charge on any atom is 0.306 e. The highest BCUT2D eigenvalue weighted by Gasteiger charge is 2.08. The van der Waals surface area contributed by atoms with Crippen LogP contribution in [0, 0.1) is 6.07 Å². The van der Waals surface area contributed by atoms with Gasteiger partial charge in [0.25, 0.3) is 0 Å². The molecular formula is C7H5Cl2O3S. The molecule has 0 aliphatic rings. The van der Waals surface area contributed by atoms with E-state index in [0.29, 0.717) is 0 Å². The summed E-state index contributed by atoms with van der Waals surface area (Å²) in [6.07, 6.45) is 0.925. The predicted octanol–water partition coefficient (Wildman–Crippen LogP) is 2.13. The van der Waals surface area contributed by atoms with Crippen molar-refractivity contribution in [2.75, 3.05) is 6.26 Å². The van der Waals surface area contributed by atoms with Crippen molar-refractivity contribution in [3.8, 4) is 5.75 Å². The molecule has 1 aromatic carbocycles. The summed E-state index contributed by atoms with van der Waals surface area (Å²) in [6, 6.07) is 5.20. The van der Waals surface area contributed by atoms with Crippen LogP contribution in [0.15, 0.2) is 12.1 Å². The molecule has 1 aromatic rings. The minimum atomic E-state index is -3.57. The Labute approximate surface area is 86.4 Å². The minimum absolute atomic E-state index is 0.00733. The second-order valence-corrected chi connectivity index (χ2v) is 4.67. The van der Waals surface area contributed by atoms with Crippen molar-refractivity contribution in [2.24, 2.45) is 0 Å².